The van der Waals surface area contributed by atoms with Gasteiger partial charge in [-0.1, -0.05) is 70.4 Å². The van der Waals surface area contributed by atoms with Crippen LogP contribution in [0.3, 0.4) is 0 Å². The molecule has 0 saturated heterocycles. The predicted molar refractivity (Wildman–Crippen MR) is 124 cm³/mol. The molecule has 6 nitrogen and oxygen atoms in total. The maximum Gasteiger partial charge on any atom is 0.306 e. The van der Waals surface area contributed by atoms with Crippen molar-refractivity contribution < 1.29 is 19.7 Å². The molecule has 0 fully saturated rings. The number of allylic oxidation sites excluding steroid dienone is 2. The minimum absolute atomic E-state index is 0.308. The second-order valence-corrected chi connectivity index (χ2v) is 8.28. The van der Waals surface area contributed by atoms with Gasteiger partial charge in [0, 0.05) is 12.5 Å². The minimum Gasteiger partial charge on any atom is -0.458 e. The number of nitrogens with two attached hydrogens (primary N) is 2. The van der Waals surface area contributed by atoms with Gasteiger partial charge in [0.25, 0.3) is 0 Å². The van der Waals surface area contributed by atoms with Crippen LogP contribution in [0, 0.1) is 0 Å². The van der Waals surface area contributed by atoms with Crippen LogP contribution in [-0.2, 0) is 9.53 Å². The topological polar surface area (TPSA) is 119 Å². The average Bonchev–Trinajstić information content (AvgIpc) is 2.74. The Morgan fingerprint density at radius 2 is 1.47 bits per heavy atom. The summed E-state index contributed by atoms with van der Waals surface area (Å²) in [5, 5.41) is 18.9. The molecule has 6 N–H and O–H groups in total. The lowest BCUT2D eigenvalue weighted by atomic mass is 10.0. The van der Waals surface area contributed by atoms with E-state index in [1.807, 2.05) is 0 Å². The Morgan fingerprint density at radius 3 is 2.00 bits per heavy atom. The van der Waals surface area contributed by atoms with Crippen molar-refractivity contribution in [2.45, 2.75) is 121 Å². The molecule has 0 radical (unpaired) electrons. The summed E-state index contributed by atoms with van der Waals surface area (Å²) in [5.74, 6) is -0.377. The SMILES string of the molecule is CCCCCCCC/C=C\CCCCCCCC(=O)OC(C(N)CCN)C(O)CO. The van der Waals surface area contributed by atoms with Crippen molar-refractivity contribution in [1.82, 2.24) is 0 Å². The molecule has 6 heteroatoms. The van der Waals surface area contributed by atoms with Crippen LogP contribution in [-0.4, -0.2) is 47.6 Å². The summed E-state index contributed by atoms with van der Waals surface area (Å²) in [4.78, 5) is 12.0. The molecule has 0 bridgehead atoms. The lowest BCUT2D eigenvalue weighted by Gasteiger charge is -2.27. The number of esters is 1. The Morgan fingerprint density at radius 1 is 0.933 bits per heavy atom. The number of hydrogen-bond donors (Lipinski definition) is 4. The van der Waals surface area contributed by atoms with E-state index in [4.69, 9.17) is 21.3 Å². The second kappa shape index (κ2) is 21.3. The second-order valence-electron chi connectivity index (χ2n) is 8.28. The number of rotatable bonds is 21. The molecule has 0 amide bonds. The van der Waals surface area contributed by atoms with Crippen molar-refractivity contribution in [2.24, 2.45) is 11.5 Å². The van der Waals surface area contributed by atoms with Crippen molar-refractivity contribution in [2.75, 3.05) is 13.2 Å². The van der Waals surface area contributed by atoms with E-state index >= 15 is 0 Å². The van der Waals surface area contributed by atoms with E-state index in [9.17, 15) is 9.90 Å². The van der Waals surface area contributed by atoms with Crippen LogP contribution in [0.15, 0.2) is 12.2 Å². The maximum absolute atomic E-state index is 12.0. The van der Waals surface area contributed by atoms with Crippen molar-refractivity contribution in [3.05, 3.63) is 12.2 Å². The number of aliphatic hydroxyl groups is 2. The highest BCUT2D eigenvalue weighted by Gasteiger charge is 2.28. The van der Waals surface area contributed by atoms with Gasteiger partial charge in [0.15, 0.2) is 0 Å². The highest BCUT2D eigenvalue weighted by molar-refractivity contribution is 5.69. The molecule has 30 heavy (non-hydrogen) atoms. The fraction of sp³-hybridized carbons (Fsp3) is 0.875. The first-order valence-corrected chi connectivity index (χ1v) is 12.2. The van der Waals surface area contributed by atoms with Gasteiger partial charge in [-0.25, -0.2) is 0 Å². The molecule has 0 aromatic rings. The molecule has 0 heterocycles. The molecule has 0 aliphatic heterocycles. The molecule has 0 spiro atoms. The lowest BCUT2D eigenvalue weighted by Crippen LogP contribution is -2.48. The van der Waals surface area contributed by atoms with Crippen molar-refractivity contribution >= 4 is 5.97 Å². The molecular formula is C24H48N2O4. The van der Waals surface area contributed by atoms with Gasteiger partial charge >= 0.3 is 5.97 Å². The number of aliphatic hydroxyl groups excluding tert-OH is 2. The van der Waals surface area contributed by atoms with Crippen molar-refractivity contribution in [3.8, 4) is 0 Å². The molecule has 0 aliphatic carbocycles. The Labute approximate surface area is 184 Å². The molecule has 178 valence electrons. The van der Waals surface area contributed by atoms with Gasteiger partial charge < -0.3 is 26.4 Å². The maximum atomic E-state index is 12.0. The highest BCUT2D eigenvalue weighted by Crippen LogP contribution is 2.12. The van der Waals surface area contributed by atoms with Crippen LogP contribution in [0.4, 0.5) is 0 Å². The van der Waals surface area contributed by atoms with Gasteiger partial charge in [-0.3, -0.25) is 4.79 Å². The Bertz CT molecular complexity index is 418. The molecular weight excluding hydrogens is 380 g/mol. The zero-order valence-corrected chi connectivity index (χ0v) is 19.3. The summed E-state index contributed by atoms with van der Waals surface area (Å²) in [5.41, 5.74) is 11.4. The van der Waals surface area contributed by atoms with E-state index in [1.165, 1.54) is 57.8 Å². The van der Waals surface area contributed by atoms with Gasteiger partial charge in [0.05, 0.1) is 6.61 Å². The monoisotopic (exact) mass is 428 g/mol. The van der Waals surface area contributed by atoms with Crippen LogP contribution < -0.4 is 11.5 Å². The summed E-state index contributed by atoms with van der Waals surface area (Å²) in [6.07, 6.45) is 18.9. The number of hydrogen-bond acceptors (Lipinski definition) is 6. The fourth-order valence-corrected chi connectivity index (χ4v) is 3.46. The first-order chi connectivity index (χ1) is 14.6. The van der Waals surface area contributed by atoms with Crippen LogP contribution in [0.5, 0.6) is 0 Å². The molecule has 0 aromatic heterocycles. The Kier molecular flexibility index (Phi) is 20.6. The predicted octanol–water partition coefficient (Wildman–Crippen LogP) is 3.97. The summed E-state index contributed by atoms with van der Waals surface area (Å²) in [6.45, 7) is 2.09. The molecule has 3 atom stereocenters. The normalized spacial score (nSPS) is 14.7. The smallest absolute Gasteiger partial charge is 0.306 e. The minimum atomic E-state index is -1.18. The van der Waals surface area contributed by atoms with E-state index in [2.05, 4.69) is 19.1 Å². The number of ether oxygens (including phenoxy) is 1. The third kappa shape index (κ3) is 16.8. The third-order valence-corrected chi connectivity index (χ3v) is 5.40. The zero-order chi connectivity index (χ0) is 22.5. The standard InChI is InChI=1S/C24H48N2O4/c1-2-3-4-5-6-7-8-9-10-11-12-13-14-15-16-17-23(29)30-24(22(28)20-27)21(26)18-19-25/h9-10,21-22,24,27-28H,2-8,11-20,25-26H2,1H3/b10-9-. The van der Waals surface area contributed by atoms with E-state index in [1.54, 1.807) is 0 Å². The summed E-state index contributed by atoms with van der Waals surface area (Å²) < 4.78 is 5.30. The molecule has 0 aliphatic rings. The van der Waals surface area contributed by atoms with Crippen LogP contribution in [0.1, 0.15) is 103 Å². The molecule has 3 unspecified atom stereocenters. The Hall–Kier alpha value is -0.950. The first kappa shape index (κ1) is 29.1. The van der Waals surface area contributed by atoms with Gasteiger partial charge in [-0.2, -0.15) is 0 Å². The fourth-order valence-electron chi connectivity index (χ4n) is 3.46. The summed E-state index contributed by atoms with van der Waals surface area (Å²) in [7, 11) is 0. The first-order valence-electron chi connectivity index (χ1n) is 12.2. The van der Waals surface area contributed by atoms with E-state index < -0.39 is 24.9 Å². The van der Waals surface area contributed by atoms with E-state index in [0.717, 1.165) is 25.7 Å². The lowest BCUT2D eigenvalue weighted by molar-refractivity contribution is -0.158. The van der Waals surface area contributed by atoms with Crippen molar-refractivity contribution in [1.29, 1.82) is 0 Å². The van der Waals surface area contributed by atoms with E-state index in [-0.39, 0.29) is 5.97 Å². The van der Waals surface area contributed by atoms with Crippen LogP contribution in [0.2, 0.25) is 0 Å². The number of unbranched alkanes of at least 4 members (excludes halogenated alkanes) is 11. The number of carbonyl (C=O) groups is 1. The summed E-state index contributed by atoms with van der Waals surface area (Å²) >= 11 is 0. The van der Waals surface area contributed by atoms with Gasteiger partial charge in [0.2, 0.25) is 0 Å². The highest BCUT2D eigenvalue weighted by atomic mass is 16.6. The zero-order valence-electron chi connectivity index (χ0n) is 19.3. The van der Waals surface area contributed by atoms with E-state index in [0.29, 0.717) is 19.4 Å². The van der Waals surface area contributed by atoms with Gasteiger partial charge in [0.1, 0.15) is 12.2 Å². The van der Waals surface area contributed by atoms with Crippen molar-refractivity contribution in [3.63, 3.8) is 0 Å². The summed E-state index contributed by atoms with van der Waals surface area (Å²) in [6, 6.07) is -0.574. The average molecular weight is 429 g/mol. The van der Waals surface area contributed by atoms with Gasteiger partial charge in [-0.05, 0) is 45.1 Å². The quantitative estimate of drug-likeness (QED) is 0.125. The largest absolute Gasteiger partial charge is 0.458 e. The van der Waals surface area contributed by atoms with Crippen LogP contribution in [0.25, 0.3) is 0 Å². The van der Waals surface area contributed by atoms with Crippen LogP contribution >= 0.6 is 0 Å². The Balaban J connectivity index is 3.66. The van der Waals surface area contributed by atoms with Gasteiger partial charge in [-0.15, -0.1) is 0 Å². The number of carbonyl (C=O) groups excluding carboxylic acids is 1. The molecule has 0 aromatic carbocycles. The molecule has 0 saturated carbocycles. The molecule has 0 rings (SSSR count). The third-order valence-electron chi connectivity index (χ3n) is 5.40.